The maximum absolute atomic E-state index is 12.9. The molecule has 1 aromatic carbocycles. The maximum atomic E-state index is 12.9. The molecule has 31 heavy (non-hydrogen) atoms. The first kappa shape index (κ1) is 21.7. The van der Waals surface area contributed by atoms with E-state index in [9.17, 15) is 13.2 Å². The summed E-state index contributed by atoms with van der Waals surface area (Å²) in [4.78, 5) is 14.9. The van der Waals surface area contributed by atoms with Gasteiger partial charge in [-0.05, 0) is 50.1 Å². The normalized spacial score (nSPS) is 18.7. The number of nitrogens with zero attached hydrogens (tertiary/aromatic N) is 4. The molecule has 1 aromatic heterocycles. The number of rotatable bonds is 5. The van der Waals surface area contributed by atoms with Gasteiger partial charge >= 0.3 is 0 Å². The van der Waals surface area contributed by atoms with Gasteiger partial charge in [0.05, 0.1) is 10.6 Å². The first-order chi connectivity index (χ1) is 14.9. The molecule has 0 unspecified atom stereocenters. The number of carbonyl (C=O) groups is 1. The molecule has 1 amide bonds. The minimum absolute atomic E-state index is 0.00174. The predicted octanol–water partition coefficient (Wildman–Crippen LogP) is 2.64. The molecule has 8 nitrogen and oxygen atoms in total. The van der Waals surface area contributed by atoms with Crippen LogP contribution in [-0.2, 0) is 10.0 Å². The number of sulfonamides is 1. The van der Waals surface area contributed by atoms with Crippen molar-refractivity contribution >= 4 is 15.9 Å². The molecule has 4 rings (SSSR count). The Hall–Kier alpha value is -2.52. The molecule has 2 aliphatic rings. The van der Waals surface area contributed by atoms with Crippen LogP contribution in [0.2, 0.25) is 0 Å². The Morgan fingerprint density at radius 1 is 0.935 bits per heavy atom. The summed E-state index contributed by atoms with van der Waals surface area (Å²) in [5, 5.41) is 8.03. The number of piperidine rings is 2. The van der Waals surface area contributed by atoms with Crippen LogP contribution in [0.3, 0.4) is 0 Å². The summed E-state index contributed by atoms with van der Waals surface area (Å²) in [5.74, 6) is 0.413. The van der Waals surface area contributed by atoms with Crippen molar-refractivity contribution in [3.8, 4) is 5.88 Å². The van der Waals surface area contributed by atoms with Crippen molar-refractivity contribution in [2.45, 2.75) is 50.0 Å². The number of ether oxygens (including phenoxy) is 1. The van der Waals surface area contributed by atoms with Crippen molar-refractivity contribution < 1.29 is 17.9 Å². The second-order valence-electron chi connectivity index (χ2n) is 8.11. The summed E-state index contributed by atoms with van der Waals surface area (Å²) < 4.78 is 33.0. The largest absolute Gasteiger partial charge is 0.473 e. The lowest BCUT2D eigenvalue weighted by atomic mass is 10.1. The molecular formula is C22H28N4O4S. The second kappa shape index (κ2) is 9.32. The van der Waals surface area contributed by atoms with Gasteiger partial charge in [0.2, 0.25) is 15.9 Å². The number of benzene rings is 1. The van der Waals surface area contributed by atoms with Crippen LogP contribution in [0, 0.1) is 6.92 Å². The van der Waals surface area contributed by atoms with Crippen molar-refractivity contribution in [1.82, 2.24) is 19.4 Å². The molecule has 0 bridgehead atoms. The van der Waals surface area contributed by atoms with Crippen molar-refractivity contribution in [1.29, 1.82) is 0 Å². The van der Waals surface area contributed by atoms with Crippen LogP contribution in [0.15, 0.2) is 41.3 Å². The van der Waals surface area contributed by atoms with E-state index in [1.807, 2.05) is 13.0 Å². The van der Waals surface area contributed by atoms with Gasteiger partial charge < -0.3 is 9.64 Å². The summed E-state index contributed by atoms with van der Waals surface area (Å²) in [6, 6.07) is 9.98. The van der Waals surface area contributed by atoms with Gasteiger partial charge in [-0.15, -0.1) is 5.10 Å². The lowest BCUT2D eigenvalue weighted by Crippen LogP contribution is -2.41. The van der Waals surface area contributed by atoms with Crippen molar-refractivity contribution in [2.75, 3.05) is 26.2 Å². The Balaban J connectivity index is 1.34. The van der Waals surface area contributed by atoms with E-state index in [1.165, 1.54) is 4.31 Å². The lowest BCUT2D eigenvalue weighted by Gasteiger charge is -2.32. The second-order valence-corrected chi connectivity index (χ2v) is 10.0. The van der Waals surface area contributed by atoms with E-state index in [0.717, 1.165) is 25.0 Å². The fourth-order valence-corrected chi connectivity index (χ4v) is 5.52. The monoisotopic (exact) mass is 444 g/mol. The minimum Gasteiger partial charge on any atom is -0.473 e. The van der Waals surface area contributed by atoms with E-state index in [-0.39, 0.29) is 16.9 Å². The summed E-state index contributed by atoms with van der Waals surface area (Å²) in [6.45, 7) is 4.16. The molecular weight excluding hydrogens is 416 g/mol. The third-order valence-corrected chi connectivity index (χ3v) is 7.76. The molecule has 0 saturated carbocycles. The Bertz CT molecular complexity index is 995. The third kappa shape index (κ3) is 5.04. The van der Waals surface area contributed by atoms with E-state index in [0.29, 0.717) is 50.5 Å². The van der Waals surface area contributed by atoms with Crippen molar-refractivity contribution in [3.63, 3.8) is 0 Å². The van der Waals surface area contributed by atoms with Crippen LogP contribution in [-0.4, -0.2) is 66.0 Å². The number of hydrogen-bond acceptors (Lipinski definition) is 6. The number of aryl methyl sites for hydroxylation is 1. The highest BCUT2D eigenvalue weighted by molar-refractivity contribution is 7.89. The molecule has 0 aliphatic carbocycles. The van der Waals surface area contributed by atoms with Crippen LogP contribution >= 0.6 is 0 Å². The predicted molar refractivity (Wildman–Crippen MR) is 115 cm³/mol. The van der Waals surface area contributed by atoms with Crippen LogP contribution in [0.5, 0.6) is 5.88 Å². The van der Waals surface area contributed by atoms with E-state index in [4.69, 9.17) is 4.74 Å². The van der Waals surface area contributed by atoms with E-state index in [1.54, 1.807) is 35.2 Å². The number of likely N-dealkylation sites (tertiary alicyclic amines) is 1. The topological polar surface area (TPSA) is 92.7 Å². The molecule has 3 heterocycles. The smallest absolute Gasteiger partial charge is 0.253 e. The Kier molecular flexibility index (Phi) is 6.52. The minimum atomic E-state index is -3.49. The molecule has 0 radical (unpaired) electrons. The highest BCUT2D eigenvalue weighted by Crippen LogP contribution is 2.22. The number of aromatic nitrogens is 2. The van der Waals surface area contributed by atoms with Gasteiger partial charge in [0.1, 0.15) is 6.10 Å². The SMILES string of the molecule is Cc1ccc(OC2CCN(C(=O)c3ccc(S(=O)(=O)N4CCCCC4)cc3)CC2)nn1. The van der Waals surface area contributed by atoms with Gasteiger partial charge in [-0.3, -0.25) is 4.79 Å². The summed E-state index contributed by atoms with van der Waals surface area (Å²) in [6.07, 6.45) is 4.28. The fraction of sp³-hybridized carbons (Fsp3) is 0.500. The average Bonchev–Trinajstić information content (AvgIpc) is 2.81. The van der Waals surface area contributed by atoms with Crippen molar-refractivity contribution in [3.05, 3.63) is 47.7 Å². The average molecular weight is 445 g/mol. The van der Waals surface area contributed by atoms with Crippen LogP contribution in [0.4, 0.5) is 0 Å². The summed E-state index contributed by atoms with van der Waals surface area (Å²) in [5.41, 5.74) is 1.34. The van der Waals surface area contributed by atoms with Gasteiger partial charge in [0, 0.05) is 50.7 Å². The first-order valence-corrected chi connectivity index (χ1v) is 12.2. The van der Waals surface area contributed by atoms with Gasteiger partial charge in [0.25, 0.3) is 5.91 Å². The molecule has 0 N–H and O–H groups in total. The van der Waals surface area contributed by atoms with Crippen LogP contribution < -0.4 is 4.74 Å². The van der Waals surface area contributed by atoms with Gasteiger partial charge in [-0.25, -0.2) is 8.42 Å². The zero-order chi connectivity index (χ0) is 21.8. The molecule has 9 heteroatoms. The summed E-state index contributed by atoms with van der Waals surface area (Å²) in [7, 11) is -3.49. The maximum Gasteiger partial charge on any atom is 0.253 e. The molecule has 2 aliphatic heterocycles. The van der Waals surface area contributed by atoms with E-state index >= 15 is 0 Å². The lowest BCUT2D eigenvalue weighted by molar-refractivity contribution is 0.0586. The first-order valence-electron chi connectivity index (χ1n) is 10.8. The molecule has 0 atom stereocenters. The van der Waals surface area contributed by atoms with Gasteiger partial charge in [0.15, 0.2) is 0 Å². The van der Waals surface area contributed by atoms with E-state index in [2.05, 4.69) is 10.2 Å². The molecule has 2 fully saturated rings. The van der Waals surface area contributed by atoms with Crippen LogP contribution in [0.1, 0.15) is 48.2 Å². The Morgan fingerprint density at radius 2 is 1.61 bits per heavy atom. The standard InChI is InChI=1S/C22H28N4O4S/c1-17-5-10-21(24-23-17)30-19-11-15-25(16-12-19)22(27)18-6-8-20(9-7-18)31(28,29)26-13-3-2-4-14-26/h5-10,19H,2-4,11-16H2,1H3. The molecule has 166 valence electrons. The third-order valence-electron chi connectivity index (χ3n) is 5.84. The van der Waals surface area contributed by atoms with Crippen molar-refractivity contribution in [2.24, 2.45) is 0 Å². The number of carbonyl (C=O) groups excluding carboxylic acids is 1. The molecule has 0 spiro atoms. The Morgan fingerprint density at radius 3 is 2.23 bits per heavy atom. The summed E-state index contributed by atoms with van der Waals surface area (Å²) >= 11 is 0. The highest BCUT2D eigenvalue weighted by atomic mass is 32.2. The fourth-order valence-electron chi connectivity index (χ4n) is 4.00. The van der Waals surface area contributed by atoms with E-state index < -0.39 is 10.0 Å². The Labute approximate surface area is 183 Å². The zero-order valence-electron chi connectivity index (χ0n) is 17.7. The van der Waals surface area contributed by atoms with Crippen LogP contribution in [0.25, 0.3) is 0 Å². The molecule has 2 saturated heterocycles. The van der Waals surface area contributed by atoms with Gasteiger partial charge in [-0.2, -0.15) is 9.40 Å². The molecule has 2 aromatic rings. The highest BCUT2D eigenvalue weighted by Gasteiger charge is 2.28. The number of hydrogen-bond donors (Lipinski definition) is 0. The van der Waals surface area contributed by atoms with Gasteiger partial charge in [-0.1, -0.05) is 6.42 Å². The quantitative estimate of drug-likeness (QED) is 0.704. The zero-order valence-corrected chi connectivity index (χ0v) is 18.6. The number of amides is 1.